The number of carbonyl (C=O) groups excluding carboxylic acids is 1. The monoisotopic (exact) mass is 357 g/mol. The molecule has 0 saturated carbocycles. The summed E-state index contributed by atoms with van der Waals surface area (Å²) in [5, 5.41) is 1.22. The zero-order valence-corrected chi connectivity index (χ0v) is 14.5. The topological polar surface area (TPSA) is 38.8 Å². The molecule has 6 heteroatoms. The van der Waals surface area contributed by atoms with Gasteiger partial charge >= 0.3 is 0 Å². The fourth-order valence-electron chi connectivity index (χ4n) is 3.26. The van der Waals surface area contributed by atoms with E-state index < -0.39 is 0 Å². The van der Waals surface area contributed by atoms with Crippen LogP contribution in [0.5, 0.6) is 0 Å². The predicted octanol–water partition coefficient (Wildman–Crippen LogP) is 3.68. The lowest BCUT2D eigenvalue weighted by Gasteiger charge is -2.38. The smallest absolute Gasteiger partial charge is 0.223 e. The average Bonchev–Trinajstić information content (AvgIpc) is 3.08. The highest BCUT2D eigenvalue weighted by Gasteiger charge is 2.35. The van der Waals surface area contributed by atoms with Crippen molar-refractivity contribution in [3.63, 3.8) is 0 Å². The molecule has 2 fully saturated rings. The largest absolute Gasteiger partial charge is 0.348 e. The van der Waals surface area contributed by atoms with E-state index in [1.807, 2.05) is 11.0 Å². The molecule has 2 heterocycles. The second-order valence-corrected chi connectivity index (χ2v) is 6.84. The highest BCUT2D eigenvalue weighted by Crippen LogP contribution is 2.26. The number of hydrogen-bond acceptors (Lipinski definition) is 3. The van der Waals surface area contributed by atoms with Gasteiger partial charge in [-0.1, -0.05) is 29.3 Å². The number of halogens is 2. The van der Waals surface area contributed by atoms with E-state index in [1.54, 1.807) is 12.1 Å². The highest BCUT2D eigenvalue weighted by atomic mass is 35.5. The molecule has 1 aromatic carbocycles. The van der Waals surface area contributed by atoms with Crippen LogP contribution in [0.15, 0.2) is 18.2 Å². The second kappa shape index (κ2) is 7.84. The molecule has 3 rings (SSSR count). The number of amides is 1. The molecular weight excluding hydrogens is 337 g/mol. The number of carbonyl (C=O) groups is 1. The first-order valence-corrected chi connectivity index (χ1v) is 8.87. The number of piperidine rings is 1. The third-order valence-corrected chi connectivity index (χ3v) is 5.04. The van der Waals surface area contributed by atoms with Crippen LogP contribution in [0.1, 0.15) is 31.2 Å². The molecule has 1 atom stereocenters. The minimum absolute atomic E-state index is 0.0411. The normalized spacial score (nSPS) is 22.5. The number of aryl methyl sites for hydroxylation is 1. The maximum atomic E-state index is 12.7. The lowest BCUT2D eigenvalue weighted by Crippen LogP contribution is -2.50. The maximum absolute atomic E-state index is 12.7. The summed E-state index contributed by atoms with van der Waals surface area (Å²) in [6.45, 7) is 2.01. The number of nitrogens with zero attached hydrogens (tertiary/aromatic N) is 1. The number of likely N-dealkylation sites (tertiary alicyclic amines) is 1. The van der Waals surface area contributed by atoms with Crippen molar-refractivity contribution in [2.24, 2.45) is 0 Å². The van der Waals surface area contributed by atoms with Crippen molar-refractivity contribution in [1.29, 1.82) is 0 Å². The van der Waals surface area contributed by atoms with E-state index in [0.717, 1.165) is 31.4 Å². The Bertz CT molecular complexity index is 561. The van der Waals surface area contributed by atoms with Crippen molar-refractivity contribution in [2.75, 3.05) is 19.8 Å². The first-order chi connectivity index (χ1) is 11.1. The number of benzene rings is 1. The van der Waals surface area contributed by atoms with Gasteiger partial charge in [0.15, 0.2) is 6.29 Å². The van der Waals surface area contributed by atoms with Crippen molar-refractivity contribution in [3.05, 3.63) is 33.8 Å². The van der Waals surface area contributed by atoms with Crippen molar-refractivity contribution >= 4 is 29.1 Å². The van der Waals surface area contributed by atoms with E-state index in [-0.39, 0.29) is 18.2 Å². The van der Waals surface area contributed by atoms with Crippen LogP contribution in [0.25, 0.3) is 0 Å². The Morgan fingerprint density at radius 1 is 1.22 bits per heavy atom. The van der Waals surface area contributed by atoms with Crippen LogP contribution in [-0.2, 0) is 20.7 Å². The molecule has 126 valence electrons. The predicted molar refractivity (Wildman–Crippen MR) is 89.8 cm³/mol. The van der Waals surface area contributed by atoms with Crippen molar-refractivity contribution in [1.82, 2.24) is 4.90 Å². The molecule has 0 spiro atoms. The van der Waals surface area contributed by atoms with Gasteiger partial charge < -0.3 is 14.4 Å². The molecule has 0 radical (unpaired) electrons. The molecule has 4 nitrogen and oxygen atoms in total. The molecule has 0 bridgehead atoms. The third-order valence-electron chi connectivity index (χ3n) is 4.45. The number of rotatable bonds is 4. The minimum atomic E-state index is -0.265. The van der Waals surface area contributed by atoms with Crippen LogP contribution in [0.2, 0.25) is 10.0 Å². The van der Waals surface area contributed by atoms with Gasteiger partial charge in [-0.15, -0.1) is 0 Å². The first kappa shape index (κ1) is 17.0. The van der Waals surface area contributed by atoms with E-state index in [9.17, 15) is 4.79 Å². The fraction of sp³-hybridized carbons (Fsp3) is 0.588. The van der Waals surface area contributed by atoms with Gasteiger partial charge in [0.05, 0.1) is 19.3 Å². The second-order valence-electron chi connectivity index (χ2n) is 6.00. The van der Waals surface area contributed by atoms with Gasteiger partial charge in [0.25, 0.3) is 0 Å². The van der Waals surface area contributed by atoms with E-state index in [4.69, 9.17) is 32.7 Å². The Hall–Kier alpha value is -0.810. The molecule has 2 aliphatic rings. The van der Waals surface area contributed by atoms with Crippen LogP contribution in [0.4, 0.5) is 0 Å². The van der Waals surface area contributed by atoms with Gasteiger partial charge in [-0.2, -0.15) is 0 Å². The van der Waals surface area contributed by atoms with E-state index in [0.29, 0.717) is 36.1 Å². The number of hydrogen-bond donors (Lipinski definition) is 0. The highest BCUT2D eigenvalue weighted by molar-refractivity contribution is 6.35. The van der Waals surface area contributed by atoms with E-state index in [1.165, 1.54) is 0 Å². The van der Waals surface area contributed by atoms with Crippen LogP contribution in [0.3, 0.4) is 0 Å². The summed E-state index contributed by atoms with van der Waals surface area (Å²) in [5.74, 6) is 0.139. The third kappa shape index (κ3) is 4.18. The number of ether oxygens (including phenoxy) is 2. The standard InChI is InChI=1S/C17H21Cl2NO3/c18-13-6-4-12(14(19)11-13)5-7-16(21)20-8-2-1-3-15(20)17-22-9-10-23-17/h4,6,11,15,17H,1-3,5,7-10H2. The SMILES string of the molecule is O=C(CCc1ccc(Cl)cc1Cl)N1CCCCC1C1OCCO1. The van der Waals surface area contributed by atoms with Crippen LogP contribution >= 0.6 is 23.2 Å². The van der Waals surface area contributed by atoms with Gasteiger partial charge in [0.2, 0.25) is 5.91 Å². The van der Waals surface area contributed by atoms with Crippen LogP contribution < -0.4 is 0 Å². The van der Waals surface area contributed by atoms with Gasteiger partial charge in [0.1, 0.15) is 0 Å². The molecule has 1 unspecified atom stereocenters. The summed E-state index contributed by atoms with van der Waals surface area (Å²) in [4.78, 5) is 14.6. The Balaban J connectivity index is 1.61. The molecular formula is C17H21Cl2NO3. The van der Waals surface area contributed by atoms with Crippen molar-refractivity contribution < 1.29 is 14.3 Å². The molecule has 2 saturated heterocycles. The van der Waals surface area contributed by atoms with Gasteiger partial charge in [-0.25, -0.2) is 0 Å². The van der Waals surface area contributed by atoms with Crippen LogP contribution in [0, 0.1) is 0 Å². The Morgan fingerprint density at radius 3 is 2.74 bits per heavy atom. The molecule has 1 aromatic rings. The van der Waals surface area contributed by atoms with E-state index in [2.05, 4.69) is 0 Å². The Morgan fingerprint density at radius 2 is 2.00 bits per heavy atom. The maximum Gasteiger partial charge on any atom is 0.223 e. The fourth-order valence-corrected chi connectivity index (χ4v) is 3.76. The average molecular weight is 358 g/mol. The zero-order valence-electron chi connectivity index (χ0n) is 13.0. The van der Waals surface area contributed by atoms with E-state index >= 15 is 0 Å². The molecule has 0 N–H and O–H groups in total. The minimum Gasteiger partial charge on any atom is -0.348 e. The first-order valence-electron chi connectivity index (χ1n) is 8.12. The summed E-state index contributed by atoms with van der Waals surface area (Å²) in [6, 6.07) is 5.44. The zero-order chi connectivity index (χ0) is 16.2. The summed E-state index contributed by atoms with van der Waals surface area (Å²) >= 11 is 12.1. The van der Waals surface area contributed by atoms with Gasteiger partial charge in [-0.05, 0) is 43.4 Å². The molecule has 2 aliphatic heterocycles. The van der Waals surface area contributed by atoms with Gasteiger partial charge in [0, 0.05) is 23.0 Å². The van der Waals surface area contributed by atoms with Crippen molar-refractivity contribution in [2.45, 2.75) is 44.4 Å². The molecule has 23 heavy (non-hydrogen) atoms. The summed E-state index contributed by atoms with van der Waals surface area (Å²) < 4.78 is 11.2. The Labute approximate surface area is 146 Å². The summed E-state index contributed by atoms with van der Waals surface area (Å²) in [7, 11) is 0. The Kier molecular flexibility index (Phi) is 5.81. The van der Waals surface area contributed by atoms with Crippen LogP contribution in [-0.4, -0.2) is 42.9 Å². The summed E-state index contributed by atoms with van der Waals surface area (Å²) in [6.07, 6.45) is 3.88. The summed E-state index contributed by atoms with van der Waals surface area (Å²) in [5.41, 5.74) is 0.950. The van der Waals surface area contributed by atoms with Gasteiger partial charge in [-0.3, -0.25) is 4.79 Å². The molecule has 0 aromatic heterocycles. The lowest BCUT2D eigenvalue weighted by molar-refractivity contribution is -0.150. The lowest BCUT2D eigenvalue weighted by atomic mass is 10.00. The molecule has 1 amide bonds. The molecule has 0 aliphatic carbocycles. The quantitative estimate of drug-likeness (QED) is 0.824. The van der Waals surface area contributed by atoms with Crippen molar-refractivity contribution in [3.8, 4) is 0 Å².